The van der Waals surface area contributed by atoms with Gasteiger partial charge in [0, 0.05) is 23.8 Å². The van der Waals surface area contributed by atoms with Crippen LogP contribution in [0.25, 0.3) is 11.1 Å². The van der Waals surface area contributed by atoms with Crippen molar-refractivity contribution in [1.82, 2.24) is 15.2 Å². The normalized spacial score (nSPS) is 20.7. The zero-order valence-electron chi connectivity index (χ0n) is 18.6. The van der Waals surface area contributed by atoms with Crippen molar-refractivity contribution >= 4 is 5.91 Å². The second-order valence-corrected chi connectivity index (χ2v) is 8.44. The molecule has 9 heteroatoms. The molecule has 3 atom stereocenters. The van der Waals surface area contributed by atoms with Crippen LogP contribution in [0.2, 0.25) is 0 Å². The zero-order valence-corrected chi connectivity index (χ0v) is 18.6. The Morgan fingerprint density at radius 3 is 2.45 bits per heavy atom. The van der Waals surface area contributed by atoms with E-state index in [1.54, 1.807) is 30.5 Å². The molecule has 1 aromatic carbocycles. The van der Waals surface area contributed by atoms with Crippen LogP contribution in [-0.2, 0) is 11.3 Å². The van der Waals surface area contributed by atoms with Crippen LogP contribution in [0.4, 0.5) is 13.2 Å². The first kappa shape index (κ1) is 25.1. The van der Waals surface area contributed by atoms with E-state index in [1.165, 1.54) is 0 Å². The molecular weight excluding hydrogens is 435 g/mol. The molecule has 0 radical (unpaired) electrons. The first-order valence-corrected chi connectivity index (χ1v) is 11.1. The summed E-state index contributed by atoms with van der Waals surface area (Å²) in [4.78, 5) is 18.0. The van der Waals surface area contributed by atoms with E-state index in [0.717, 1.165) is 42.6 Å². The summed E-state index contributed by atoms with van der Waals surface area (Å²) in [5.41, 5.74) is 2.69. The monoisotopic (exact) mass is 465 g/mol. The maximum absolute atomic E-state index is 13.2. The van der Waals surface area contributed by atoms with Crippen LogP contribution in [-0.4, -0.2) is 63.8 Å². The number of hydrogen-bond donors (Lipinski definition) is 3. The Bertz CT molecular complexity index is 905. The highest BCUT2D eigenvalue weighted by Crippen LogP contribution is 2.33. The smallest absolute Gasteiger partial charge is 0.315 e. The number of benzene rings is 1. The summed E-state index contributed by atoms with van der Waals surface area (Å²) in [7, 11) is 0. The average molecular weight is 466 g/mol. The highest BCUT2D eigenvalue weighted by atomic mass is 19.3. The van der Waals surface area contributed by atoms with Gasteiger partial charge in [0.2, 0.25) is 0 Å². The van der Waals surface area contributed by atoms with Crippen molar-refractivity contribution in [2.75, 3.05) is 19.8 Å². The Labute approximate surface area is 191 Å². The number of aliphatic hydroxyl groups excluding tert-OH is 2. The number of amides is 1. The third-order valence-corrected chi connectivity index (χ3v) is 6.53. The van der Waals surface area contributed by atoms with Crippen molar-refractivity contribution in [3.8, 4) is 11.1 Å². The fourth-order valence-electron chi connectivity index (χ4n) is 4.37. The number of alkyl halides is 3. The first-order valence-electron chi connectivity index (χ1n) is 11.1. The molecule has 33 heavy (non-hydrogen) atoms. The molecule has 2 heterocycles. The summed E-state index contributed by atoms with van der Waals surface area (Å²) in [6, 6.07) is 8.97. The van der Waals surface area contributed by atoms with Gasteiger partial charge in [0.15, 0.2) is 0 Å². The van der Waals surface area contributed by atoms with E-state index in [4.69, 9.17) is 0 Å². The summed E-state index contributed by atoms with van der Waals surface area (Å²) in [5, 5.41) is 22.0. The number of nitrogens with zero attached hydrogens (tertiary/aromatic N) is 2. The van der Waals surface area contributed by atoms with Crippen molar-refractivity contribution < 1.29 is 28.2 Å². The minimum absolute atomic E-state index is 0.134. The number of aromatic nitrogens is 1. The largest absolute Gasteiger partial charge is 0.394 e. The standard InChI is InChI=1S/C24H30F3N3O3/c1-2-24(15-31)10-3-11-30(24)14-19-9-8-18(13-28-19)16-4-6-17(7-5-16)21(32)20(12-25)29-23(33)22(26)27/h4-9,13,20-22,31-32H,2-3,10-12,14-15H2,1H3,(H,29,33)/t20-,21-,24?/m1/s1. The van der Waals surface area contributed by atoms with Crippen LogP contribution in [0.5, 0.6) is 0 Å². The molecule has 1 aliphatic rings. The van der Waals surface area contributed by atoms with E-state index in [0.29, 0.717) is 12.1 Å². The molecule has 3 N–H and O–H groups in total. The number of carbonyl (C=O) groups excluding carboxylic acids is 1. The van der Waals surface area contributed by atoms with Crippen LogP contribution < -0.4 is 5.32 Å². The van der Waals surface area contributed by atoms with Crippen LogP contribution in [0.15, 0.2) is 42.6 Å². The van der Waals surface area contributed by atoms with E-state index in [2.05, 4.69) is 16.8 Å². The van der Waals surface area contributed by atoms with E-state index < -0.39 is 31.2 Å². The molecule has 1 amide bonds. The van der Waals surface area contributed by atoms with Crippen LogP contribution in [0.1, 0.15) is 43.5 Å². The molecule has 6 nitrogen and oxygen atoms in total. The van der Waals surface area contributed by atoms with Gasteiger partial charge >= 0.3 is 6.43 Å². The van der Waals surface area contributed by atoms with Crippen molar-refractivity contribution in [3.05, 3.63) is 53.9 Å². The lowest BCUT2D eigenvalue weighted by atomic mass is 9.94. The van der Waals surface area contributed by atoms with Gasteiger partial charge in [-0.05, 0) is 43.0 Å². The molecule has 0 saturated carbocycles. The maximum Gasteiger partial charge on any atom is 0.315 e. The SMILES string of the molecule is CCC1(CO)CCCN1Cc1ccc(-c2ccc([C@@H](O)[C@@H](CF)NC(=O)C(F)F)cc2)cn1. The van der Waals surface area contributed by atoms with Gasteiger partial charge in [-0.1, -0.05) is 37.3 Å². The van der Waals surface area contributed by atoms with Gasteiger partial charge in [0.1, 0.15) is 12.8 Å². The van der Waals surface area contributed by atoms with Gasteiger partial charge in [-0.25, -0.2) is 4.39 Å². The first-order chi connectivity index (χ1) is 15.8. The molecule has 1 fully saturated rings. The molecule has 2 aromatic rings. The highest BCUT2D eigenvalue weighted by Gasteiger charge is 2.38. The van der Waals surface area contributed by atoms with Crippen LogP contribution in [0, 0.1) is 0 Å². The number of rotatable bonds is 10. The number of likely N-dealkylation sites (tertiary alicyclic amines) is 1. The number of hydrogen-bond acceptors (Lipinski definition) is 5. The lowest BCUT2D eigenvalue weighted by Crippen LogP contribution is -2.46. The summed E-state index contributed by atoms with van der Waals surface area (Å²) < 4.78 is 38.0. The summed E-state index contributed by atoms with van der Waals surface area (Å²) >= 11 is 0. The molecular formula is C24H30F3N3O3. The number of aliphatic hydroxyl groups is 2. The Hall–Kier alpha value is -2.49. The molecule has 3 rings (SSSR count). The Morgan fingerprint density at radius 2 is 1.91 bits per heavy atom. The fourth-order valence-corrected chi connectivity index (χ4v) is 4.37. The van der Waals surface area contributed by atoms with Gasteiger partial charge < -0.3 is 15.5 Å². The van der Waals surface area contributed by atoms with E-state index in [9.17, 15) is 28.2 Å². The Balaban J connectivity index is 1.66. The second kappa shape index (κ2) is 11.1. The quantitative estimate of drug-likeness (QED) is 0.502. The molecule has 1 saturated heterocycles. The molecule has 0 aliphatic carbocycles. The molecule has 1 aromatic heterocycles. The lowest BCUT2D eigenvalue weighted by molar-refractivity contribution is -0.133. The predicted molar refractivity (Wildman–Crippen MR) is 118 cm³/mol. The van der Waals surface area contributed by atoms with Crippen LogP contribution >= 0.6 is 0 Å². The van der Waals surface area contributed by atoms with Gasteiger partial charge in [0.05, 0.1) is 18.3 Å². The number of nitrogens with one attached hydrogen (secondary N) is 1. The molecule has 0 spiro atoms. The second-order valence-electron chi connectivity index (χ2n) is 8.44. The van der Waals surface area contributed by atoms with E-state index in [1.807, 2.05) is 17.4 Å². The highest BCUT2D eigenvalue weighted by molar-refractivity contribution is 5.79. The van der Waals surface area contributed by atoms with Crippen molar-refractivity contribution in [2.24, 2.45) is 0 Å². The van der Waals surface area contributed by atoms with Crippen LogP contribution in [0.3, 0.4) is 0 Å². The van der Waals surface area contributed by atoms with Gasteiger partial charge in [-0.2, -0.15) is 8.78 Å². The van der Waals surface area contributed by atoms with Crippen molar-refractivity contribution in [2.45, 2.75) is 56.8 Å². The zero-order chi connectivity index (χ0) is 24.0. The summed E-state index contributed by atoms with van der Waals surface area (Å²) in [5.74, 6) is -1.62. The molecule has 1 aliphatic heterocycles. The van der Waals surface area contributed by atoms with Gasteiger partial charge in [-0.15, -0.1) is 0 Å². The topological polar surface area (TPSA) is 85.7 Å². The summed E-state index contributed by atoms with van der Waals surface area (Å²) in [6.45, 7) is 2.64. The third-order valence-electron chi connectivity index (χ3n) is 6.53. The lowest BCUT2D eigenvalue weighted by Gasteiger charge is -2.36. The number of carbonyl (C=O) groups is 1. The molecule has 1 unspecified atom stereocenters. The number of halogens is 3. The number of pyridine rings is 1. The Morgan fingerprint density at radius 1 is 1.21 bits per heavy atom. The van der Waals surface area contributed by atoms with Gasteiger partial charge in [-0.3, -0.25) is 14.7 Å². The third kappa shape index (κ3) is 5.72. The Kier molecular flexibility index (Phi) is 8.45. The molecule has 180 valence electrons. The predicted octanol–water partition coefficient (Wildman–Crippen LogP) is 3.24. The average Bonchev–Trinajstić information content (AvgIpc) is 3.25. The van der Waals surface area contributed by atoms with Crippen molar-refractivity contribution in [3.63, 3.8) is 0 Å². The van der Waals surface area contributed by atoms with E-state index >= 15 is 0 Å². The van der Waals surface area contributed by atoms with Gasteiger partial charge in [0.25, 0.3) is 5.91 Å². The fraction of sp³-hybridized carbons (Fsp3) is 0.500. The summed E-state index contributed by atoms with van der Waals surface area (Å²) in [6.07, 6.45) is -0.0777. The molecule has 0 bridgehead atoms. The van der Waals surface area contributed by atoms with E-state index in [-0.39, 0.29) is 12.1 Å². The van der Waals surface area contributed by atoms with Crippen molar-refractivity contribution in [1.29, 1.82) is 0 Å². The minimum atomic E-state index is -3.28. The minimum Gasteiger partial charge on any atom is -0.394 e. The maximum atomic E-state index is 13.2.